The van der Waals surface area contributed by atoms with Gasteiger partial charge in [-0.15, -0.1) is 0 Å². The predicted octanol–water partition coefficient (Wildman–Crippen LogP) is 5.10. The van der Waals surface area contributed by atoms with E-state index >= 15 is 0 Å². The minimum atomic E-state index is -0.174. The van der Waals surface area contributed by atoms with E-state index in [1.807, 2.05) is 0 Å². The minimum absolute atomic E-state index is 0.0837. The summed E-state index contributed by atoms with van der Waals surface area (Å²) in [6, 6.07) is 2.96. The number of phenolic OH excluding ortho intramolecular Hbond substituents is 1. The van der Waals surface area contributed by atoms with Gasteiger partial charge >= 0.3 is 0 Å². The molecule has 3 nitrogen and oxygen atoms in total. The summed E-state index contributed by atoms with van der Waals surface area (Å²) >= 11 is 11.6. The zero-order chi connectivity index (χ0) is 15.5. The van der Waals surface area contributed by atoms with E-state index in [0.29, 0.717) is 12.1 Å². The third kappa shape index (κ3) is 5.59. The topological polar surface area (TPSA) is 49.3 Å². The molecule has 0 bridgehead atoms. The van der Waals surface area contributed by atoms with Crippen molar-refractivity contribution in [2.75, 3.05) is 5.32 Å². The van der Waals surface area contributed by atoms with Gasteiger partial charge in [-0.3, -0.25) is 4.79 Å². The average molecular weight is 318 g/mol. The van der Waals surface area contributed by atoms with Crippen LogP contribution < -0.4 is 5.32 Å². The van der Waals surface area contributed by atoms with Crippen LogP contribution in [-0.2, 0) is 4.79 Å². The number of rotatable bonds is 4. The highest BCUT2D eigenvalue weighted by atomic mass is 35.5. The lowest BCUT2D eigenvalue weighted by Gasteiger charge is -2.22. The molecule has 0 heterocycles. The van der Waals surface area contributed by atoms with Crippen molar-refractivity contribution in [2.45, 2.75) is 40.5 Å². The summed E-state index contributed by atoms with van der Waals surface area (Å²) < 4.78 is 0. The number of halogens is 2. The standard InChI is InChI=1S/C15H21Cl2NO2/c1-9(8-15(2,3)4)5-13(19)18-10-6-11(16)14(20)12(17)7-10/h6-7,9,20H,5,8H2,1-4H3,(H,18,19). The summed E-state index contributed by atoms with van der Waals surface area (Å²) in [6.45, 7) is 8.52. The lowest BCUT2D eigenvalue weighted by molar-refractivity contribution is -0.117. The van der Waals surface area contributed by atoms with Gasteiger partial charge in [-0.05, 0) is 29.9 Å². The second kappa shape index (κ2) is 6.68. The lowest BCUT2D eigenvalue weighted by atomic mass is 9.84. The third-order valence-corrected chi connectivity index (χ3v) is 3.37. The second-order valence-electron chi connectivity index (χ2n) is 6.41. The smallest absolute Gasteiger partial charge is 0.224 e. The van der Waals surface area contributed by atoms with Gasteiger partial charge < -0.3 is 10.4 Å². The van der Waals surface area contributed by atoms with Gasteiger partial charge in [-0.2, -0.15) is 0 Å². The quantitative estimate of drug-likeness (QED) is 0.759. The molecule has 1 aromatic rings. The molecule has 112 valence electrons. The number of aromatic hydroxyl groups is 1. The summed E-state index contributed by atoms with van der Waals surface area (Å²) in [7, 11) is 0. The minimum Gasteiger partial charge on any atom is -0.505 e. The largest absolute Gasteiger partial charge is 0.505 e. The third-order valence-electron chi connectivity index (χ3n) is 2.80. The number of nitrogens with one attached hydrogen (secondary N) is 1. The van der Waals surface area contributed by atoms with Crippen molar-refractivity contribution in [3.8, 4) is 5.75 Å². The Hall–Kier alpha value is -0.930. The maximum Gasteiger partial charge on any atom is 0.224 e. The number of carbonyl (C=O) groups excluding carboxylic acids is 1. The second-order valence-corrected chi connectivity index (χ2v) is 7.23. The average Bonchev–Trinajstić information content (AvgIpc) is 2.22. The molecular formula is C15H21Cl2NO2. The summed E-state index contributed by atoms with van der Waals surface area (Å²) in [5.74, 6) is 0.0325. The molecule has 1 amide bonds. The zero-order valence-corrected chi connectivity index (χ0v) is 13.8. The van der Waals surface area contributed by atoms with Crippen molar-refractivity contribution in [3.63, 3.8) is 0 Å². The maximum absolute atomic E-state index is 12.0. The Morgan fingerprint density at radius 3 is 2.25 bits per heavy atom. The Morgan fingerprint density at radius 2 is 1.80 bits per heavy atom. The highest BCUT2D eigenvalue weighted by Gasteiger charge is 2.18. The van der Waals surface area contributed by atoms with Gasteiger partial charge in [0.1, 0.15) is 0 Å². The molecule has 5 heteroatoms. The predicted molar refractivity (Wildman–Crippen MR) is 84.6 cm³/mol. The van der Waals surface area contributed by atoms with Crippen LogP contribution in [0.25, 0.3) is 0 Å². The van der Waals surface area contributed by atoms with Crippen molar-refractivity contribution in [1.29, 1.82) is 0 Å². The molecule has 0 saturated heterocycles. The number of anilines is 1. The first-order valence-electron chi connectivity index (χ1n) is 6.56. The van der Waals surface area contributed by atoms with Gasteiger partial charge in [0.25, 0.3) is 0 Å². The number of carbonyl (C=O) groups is 1. The van der Waals surface area contributed by atoms with Crippen LogP contribution in [0.4, 0.5) is 5.69 Å². The molecule has 0 spiro atoms. The Kier molecular flexibility index (Phi) is 5.72. The fourth-order valence-corrected chi connectivity index (χ4v) is 2.77. The van der Waals surface area contributed by atoms with Gasteiger partial charge in [0.2, 0.25) is 5.91 Å². The number of hydrogen-bond donors (Lipinski definition) is 2. The summed E-state index contributed by atoms with van der Waals surface area (Å²) in [5, 5.41) is 12.5. The van der Waals surface area contributed by atoms with Gasteiger partial charge in [0.15, 0.2) is 5.75 Å². The van der Waals surface area contributed by atoms with Crippen LogP contribution in [0.3, 0.4) is 0 Å². The van der Waals surface area contributed by atoms with Crippen molar-refractivity contribution >= 4 is 34.8 Å². The Balaban J connectivity index is 2.63. The van der Waals surface area contributed by atoms with E-state index in [4.69, 9.17) is 23.2 Å². The molecule has 1 unspecified atom stereocenters. The van der Waals surface area contributed by atoms with Gasteiger partial charge in [0.05, 0.1) is 10.0 Å². The lowest BCUT2D eigenvalue weighted by Crippen LogP contribution is -2.18. The summed E-state index contributed by atoms with van der Waals surface area (Å²) in [4.78, 5) is 12.0. The molecule has 1 rings (SSSR count). The molecule has 1 aromatic carbocycles. The van der Waals surface area contributed by atoms with E-state index in [0.717, 1.165) is 6.42 Å². The monoisotopic (exact) mass is 317 g/mol. The summed E-state index contributed by atoms with van der Waals surface area (Å²) in [5.41, 5.74) is 0.691. The molecule has 0 aromatic heterocycles. The van der Waals surface area contributed by atoms with Gasteiger partial charge in [-0.25, -0.2) is 0 Å². The zero-order valence-electron chi connectivity index (χ0n) is 12.3. The van der Waals surface area contributed by atoms with E-state index in [1.165, 1.54) is 12.1 Å². The molecule has 0 aliphatic heterocycles. The van der Waals surface area contributed by atoms with Crippen LogP contribution in [-0.4, -0.2) is 11.0 Å². The molecule has 0 radical (unpaired) electrons. The fraction of sp³-hybridized carbons (Fsp3) is 0.533. The molecule has 2 N–H and O–H groups in total. The van der Waals surface area contributed by atoms with Crippen molar-refractivity contribution in [1.82, 2.24) is 0 Å². The van der Waals surface area contributed by atoms with Crippen LogP contribution >= 0.6 is 23.2 Å². The van der Waals surface area contributed by atoms with Crippen molar-refractivity contribution in [3.05, 3.63) is 22.2 Å². The van der Waals surface area contributed by atoms with Crippen LogP contribution in [0.2, 0.25) is 10.0 Å². The fourth-order valence-electron chi connectivity index (χ4n) is 2.28. The first-order chi connectivity index (χ1) is 9.08. The molecule has 1 atom stereocenters. The molecule has 0 aliphatic carbocycles. The molecule has 20 heavy (non-hydrogen) atoms. The first-order valence-corrected chi connectivity index (χ1v) is 7.32. The van der Waals surface area contributed by atoms with E-state index in [1.54, 1.807) is 0 Å². The van der Waals surface area contributed by atoms with E-state index in [2.05, 4.69) is 33.0 Å². The number of phenols is 1. The number of benzene rings is 1. The van der Waals surface area contributed by atoms with Crippen LogP contribution in [0.15, 0.2) is 12.1 Å². The van der Waals surface area contributed by atoms with Gasteiger partial charge in [0, 0.05) is 12.1 Å². The highest BCUT2D eigenvalue weighted by Crippen LogP contribution is 2.34. The molecule has 0 aliphatic rings. The van der Waals surface area contributed by atoms with Crippen molar-refractivity contribution in [2.24, 2.45) is 11.3 Å². The first kappa shape index (κ1) is 17.1. The van der Waals surface area contributed by atoms with Gasteiger partial charge in [-0.1, -0.05) is 50.9 Å². The molecule has 0 saturated carbocycles. The normalized spacial score (nSPS) is 13.1. The van der Waals surface area contributed by atoms with Crippen LogP contribution in [0, 0.1) is 11.3 Å². The van der Waals surface area contributed by atoms with E-state index < -0.39 is 0 Å². The van der Waals surface area contributed by atoms with Crippen molar-refractivity contribution < 1.29 is 9.90 Å². The number of hydrogen-bond acceptors (Lipinski definition) is 2. The van der Waals surface area contributed by atoms with Crippen LogP contribution in [0.1, 0.15) is 40.5 Å². The van der Waals surface area contributed by atoms with Crippen LogP contribution in [0.5, 0.6) is 5.75 Å². The molecular weight excluding hydrogens is 297 g/mol. The Morgan fingerprint density at radius 1 is 1.30 bits per heavy atom. The summed E-state index contributed by atoms with van der Waals surface area (Å²) in [6.07, 6.45) is 1.41. The Labute approximate surface area is 130 Å². The van der Waals surface area contributed by atoms with E-state index in [-0.39, 0.29) is 33.0 Å². The Bertz CT molecular complexity index is 472. The SMILES string of the molecule is CC(CC(=O)Nc1cc(Cl)c(O)c(Cl)c1)CC(C)(C)C. The van der Waals surface area contributed by atoms with E-state index in [9.17, 15) is 9.90 Å². The molecule has 0 fully saturated rings. The highest BCUT2D eigenvalue weighted by molar-refractivity contribution is 6.37. The number of amides is 1. The maximum atomic E-state index is 12.0.